The van der Waals surface area contributed by atoms with Gasteiger partial charge in [0.2, 0.25) is 0 Å². The van der Waals surface area contributed by atoms with Gasteiger partial charge in [0.15, 0.2) is 0 Å². The lowest BCUT2D eigenvalue weighted by atomic mass is 10.3. The Balaban J connectivity index is 0. The molecule has 0 aromatic carbocycles. The molecule has 0 amide bonds. The van der Waals surface area contributed by atoms with Crippen molar-refractivity contribution in [3.05, 3.63) is 47.6 Å². The summed E-state index contributed by atoms with van der Waals surface area (Å²) in [6, 6.07) is 7.70. The van der Waals surface area contributed by atoms with Crippen LogP contribution in [-0.4, -0.2) is 6.54 Å². The number of hydrogen-bond acceptors (Lipinski definition) is 3. The van der Waals surface area contributed by atoms with E-state index in [0.717, 1.165) is 6.54 Å². The maximum absolute atomic E-state index is 5.21. The summed E-state index contributed by atoms with van der Waals surface area (Å²) >= 11 is 1.71. The van der Waals surface area contributed by atoms with Crippen molar-refractivity contribution in [2.45, 2.75) is 26.2 Å². The van der Waals surface area contributed by atoms with E-state index in [-0.39, 0.29) is 13.5 Å². The van der Waals surface area contributed by atoms with E-state index < -0.39 is 0 Å². The molecule has 17 heavy (non-hydrogen) atoms. The van der Waals surface area contributed by atoms with E-state index in [1.165, 1.54) is 19.3 Å². The molecule has 2 N–H and O–H groups in total. The largest absolute Gasteiger partial charge is 0.473 e. The smallest absolute Gasteiger partial charge is 0.0902 e. The van der Waals surface area contributed by atoms with Crippen LogP contribution in [0, 0.1) is 0 Å². The molecule has 0 saturated carbocycles. The number of thiophene rings is 1. The summed E-state index contributed by atoms with van der Waals surface area (Å²) in [6.07, 6.45) is 7.00. The van der Waals surface area contributed by atoms with Crippen LogP contribution in [-0.2, 0) is 0 Å². The van der Waals surface area contributed by atoms with Crippen LogP contribution in [0.3, 0.4) is 0 Å². The molecule has 4 heteroatoms. The van der Waals surface area contributed by atoms with E-state index in [4.69, 9.17) is 5.73 Å². The summed E-state index contributed by atoms with van der Waals surface area (Å²) in [7, 11) is 0. The van der Waals surface area contributed by atoms with Gasteiger partial charge in [-0.05, 0) is 35.9 Å². The van der Waals surface area contributed by atoms with Crippen LogP contribution < -0.4 is 5.73 Å². The standard InChI is InChI=1S/C5H13N.C4H4O.C4H4S.H2S/c1-2-3-4-5-6;2*1-2-4-5-3-1;/h2-6H2,1H3;2*1-4H;1H2. The first-order valence-corrected chi connectivity index (χ1v) is 6.50. The van der Waals surface area contributed by atoms with Crippen LogP contribution in [0.5, 0.6) is 0 Å². The van der Waals surface area contributed by atoms with Crippen LogP contribution in [0.1, 0.15) is 26.2 Å². The molecular formula is C13H23NOS2. The van der Waals surface area contributed by atoms with Crippen molar-refractivity contribution < 1.29 is 4.42 Å². The van der Waals surface area contributed by atoms with Crippen molar-refractivity contribution in [2.75, 3.05) is 6.54 Å². The molecule has 2 rings (SSSR count). The first-order chi connectivity index (χ1) is 7.91. The van der Waals surface area contributed by atoms with E-state index in [2.05, 4.69) is 11.3 Å². The minimum absolute atomic E-state index is 0. The fraction of sp³-hybridized carbons (Fsp3) is 0.385. The molecule has 0 fully saturated rings. The third-order valence-electron chi connectivity index (χ3n) is 1.66. The normalized spacial score (nSPS) is 7.88. The number of hydrogen-bond donors (Lipinski definition) is 1. The third kappa shape index (κ3) is 17.9. The van der Waals surface area contributed by atoms with Crippen LogP contribution >= 0.6 is 24.8 Å². The maximum atomic E-state index is 5.21. The van der Waals surface area contributed by atoms with Crippen LogP contribution in [0.15, 0.2) is 52.0 Å². The van der Waals surface area contributed by atoms with Gasteiger partial charge in [-0.1, -0.05) is 31.9 Å². The Bertz CT molecular complexity index is 205. The zero-order valence-electron chi connectivity index (χ0n) is 10.3. The molecule has 2 aromatic rings. The summed E-state index contributed by atoms with van der Waals surface area (Å²) in [5.74, 6) is 0. The van der Waals surface area contributed by atoms with Crippen LogP contribution in [0.4, 0.5) is 0 Å². The topological polar surface area (TPSA) is 39.2 Å². The second-order valence-electron chi connectivity index (χ2n) is 3.08. The summed E-state index contributed by atoms with van der Waals surface area (Å²) in [5.41, 5.74) is 5.21. The molecule has 2 aromatic heterocycles. The highest BCUT2D eigenvalue weighted by Gasteiger charge is 1.75. The molecule has 98 valence electrons. The second kappa shape index (κ2) is 17.7. The van der Waals surface area contributed by atoms with Gasteiger partial charge in [0, 0.05) is 0 Å². The van der Waals surface area contributed by atoms with Crippen molar-refractivity contribution in [1.29, 1.82) is 0 Å². The predicted molar refractivity (Wildman–Crippen MR) is 82.0 cm³/mol. The summed E-state index contributed by atoms with van der Waals surface area (Å²) in [6.45, 7) is 3.03. The van der Waals surface area contributed by atoms with Gasteiger partial charge in [0.25, 0.3) is 0 Å². The number of unbranched alkanes of at least 4 members (excludes halogenated alkanes) is 2. The zero-order valence-corrected chi connectivity index (χ0v) is 12.2. The van der Waals surface area contributed by atoms with E-state index in [0.29, 0.717) is 0 Å². The fourth-order valence-electron chi connectivity index (χ4n) is 0.848. The van der Waals surface area contributed by atoms with E-state index in [1.54, 1.807) is 23.9 Å². The Labute approximate surface area is 115 Å². The zero-order chi connectivity index (χ0) is 11.9. The second-order valence-corrected chi connectivity index (χ2v) is 3.90. The highest BCUT2D eigenvalue weighted by molar-refractivity contribution is 7.59. The first-order valence-electron chi connectivity index (χ1n) is 5.56. The van der Waals surface area contributed by atoms with Gasteiger partial charge in [-0.25, -0.2) is 0 Å². The Morgan fingerprint density at radius 1 is 1.00 bits per heavy atom. The molecular weight excluding hydrogens is 250 g/mol. The van der Waals surface area contributed by atoms with E-state index in [9.17, 15) is 0 Å². The van der Waals surface area contributed by atoms with Crippen molar-refractivity contribution >= 4 is 24.8 Å². The van der Waals surface area contributed by atoms with Crippen LogP contribution in [0.25, 0.3) is 0 Å². The van der Waals surface area contributed by atoms with Gasteiger partial charge >= 0.3 is 0 Å². The highest BCUT2D eigenvalue weighted by atomic mass is 32.1. The van der Waals surface area contributed by atoms with Gasteiger partial charge in [-0.15, -0.1) is 0 Å². The van der Waals surface area contributed by atoms with Crippen molar-refractivity contribution in [1.82, 2.24) is 0 Å². The molecule has 0 unspecified atom stereocenters. The van der Waals surface area contributed by atoms with Gasteiger partial charge < -0.3 is 10.2 Å². The summed E-state index contributed by atoms with van der Waals surface area (Å²) in [5, 5.41) is 4.08. The first kappa shape index (κ1) is 18.6. The fourth-order valence-corrected chi connectivity index (χ4v) is 1.30. The monoisotopic (exact) mass is 273 g/mol. The minimum atomic E-state index is 0. The van der Waals surface area contributed by atoms with Crippen molar-refractivity contribution in [3.63, 3.8) is 0 Å². The average Bonchev–Trinajstić information content (AvgIpc) is 3.00. The van der Waals surface area contributed by atoms with Crippen LogP contribution in [0.2, 0.25) is 0 Å². The molecule has 0 aliphatic heterocycles. The SMILES string of the molecule is CCCCCN.S.c1ccoc1.c1ccsc1. The Hall–Kier alpha value is -0.710. The maximum Gasteiger partial charge on any atom is 0.0902 e. The predicted octanol–water partition coefficient (Wildman–Crippen LogP) is 4.28. The Morgan fingerprint density at radius 3 is 1.76 bits per heavy atom. The van der Waals surface area contributed by atoms with Gasteiger partial charge in [-0.2, -0.15) is 24.8 Å². The number of furan rings is 1. The van der Waals surface area contributed by atoms with E-state index in [1.807, 2.05) is 35.0 Å². The van der Waals surface area contributed by atoms with Gasteiger partial charge in [0.1, 0.15) is 0 Å². The lowest BCUT2D eigenvalue weighted by Gasteiger charge is -1.86. The summed E-state index contributed by atoms with van der Waals surface area (Å²) < 4.78 is 4.58. The Morgan fingerprint density at radius 2 is 1.59 bits per heavy atom. The minimum Gasteiger partial charge on any atom is -0.473 e. The lowest BCUT2D eigenvalue weighted by molar-refractivity contribution is 0.567. The molecule has 2 nitrogen and oxygen atoms in total. The summed E-state index contributed by atoms with van der Waals surface area (Å²) in [4.78, 5) is 0. The van der Waals surface area contributed by atoms with Crippen molar-refractivity contribution in [2.24, 2.45) is 5.73 Å². The third-order valence-corrected chi connectivity index (χ3v) is 2.29. The molecule has 0 bridgehead atoms. The van der Waals surface area contributed by atoms with Gasteiger partial charge in [-0.3, -0.25) is 0 Å². The van der Waals surface area contributed by atoms with Crippen molar-refractivity contribution in [3.8, 4) is 0 Å². The van der Waals surface area contributed by atoms with Gasteiger partial charge in [0.05, 0.1) is 12.5 Å². The number of nitrogens with two attached hydrogens (primary N) is 1. The quantitative estimate of drug-likeness (QED) is 0.848. The average molecular weight is 273 g/mol. The molecule has 0 spiro atoms. The molecule has 0 aliphatic carbocycles. The molecule has 0 saturated heterocycles. The molecule has 0 aliphatic rings. The lowest BCUT2D eigenvalue weighted by Crippen LogP contribution is -1.96. The number of rotatable bonds is 3. The molecule has 0 atom stereocenters. The van der Waals surface area contributed by atoms with E-state index >= 15 is 0 Å². The molecule has 2 heterocycles. The highest BCUT2D eigenvalue weighted by Crippen LogP contribution is 1.91. The molecule has 0 radical (unpaired) electrons. The Kier molecular flexibility index (Phi) is 19.4.